The van der Waals surface area contributed by atoms with Gasteiger partial charge in [-0.2, -0.15) is 0 Å². The van der Waals surface area contributed by atoms with Gasteiger partial charge in [-0.05, 0) is 176 Å². The average molecular weight is 1930 g/mol. The number of nitrogens with zero attached hydrogens (tertiary/aromatic N) is 17. The number of hydrogen-bond donors (Lipinski definition) is 0. The van der Waals surface area contributed by atoms with E-state index in [4.69, 9.17) is 29.9 Å². The maximum atomic E-state index is 4.92. The summed E-state index contributed by atoms with van der Waals surface area (Å²) in [4.78, 5) is 77.7. The zero-order chi connectivity index (χ0) is 106. The van der Waals surface area contributed by atoms with E-state index in [-0.39, 0.29) is 7.43 Å². The number of benzene rings is 5. The normalized spacial score (nSPS) is 9.26. The number of rotatable bonds is 8. The van der Waals surface area contributed by atoms with Crippen LogP contribution in [0, 0.1) is 0 Å². The molecule has 0 fully saturated rings. The lowest BCUT2D eigenvalue weighted by Crippen LogP contribution is -1.94. The summed E-state index contributed by atoms with van der Waals surface area (Å²) in [6, 6.07) is 110. The third-order valence-corrected chi connectivity index (χ3v) is 19.0. The van der Waals surface area contributed by atoms with Crippen LogP contribution in [-0.4, -0.2) is 84.7 Å². The van der Waals surface area contributed by atoms with Crippen molar-refractivity contribution in [3.63, 3.8) is 0 Å². The SMILES string of the molecule is C.CC.CC.CC.CC.CC.CC.CC.CC.CC.CC.CC.CC.CC.CC.CC.c1cc(-c2ccc3ccccc3n2)nc(-c2ccc3ccccc3n2)c1.c1cc(-c2ccc3cccnc3n2)nc(-c2ccc3cccnc3n2)c1.c1ccc(-c2ccc3ccc4cccnc4c3n2)nc1.c1ccc(-c2cccc(-c3ccccn3)n2)nc1.c1cnc2c(-c3ccc4ccc5cccnc5c4n3)cccc2c1. The molecule has 17 aromatic heterocycles. The van der Waals surface area contributed by atoms with Gasteiger partial charge in [0.2, 0.25) is 0 Å². The molecule has 22 rings (SSSR count). The summed E-state index contributed by atoms with van der Waals surface area (Å²) < 4.78 is 0. The molecule has 0 aliphatic carbocycles. The Labute approximate surface area is 866 Å². The minimum atomic E-state index is 0. The molecule has 17 heterocycles. The zero-order valence-corrected chi connectivity index (χ0v) is 91.0. The van der Waals surface area contributed by atoms with E-state index < -0.39 is 0 Å². The van der Waals surface area contributed by atoms with E-state index in [2.05, 4.69) is 152 Å². The molecule has 0 atom stereocenters. The van der Waals surface area contributed by atoms with Gasteiger partial charge >= 0.3 is 0 Å². The van der Waals surface area contributed by atoms with Gasteiger partial charge in [0.1, 0.15) is 0 Å². The molecule has 754 valence electrons. The summed E-state index contributed by atoms with van der Waals surface area (Å²) in [5, 5.41) is 9.79. The Kier molecular flexibility index (Phi) is 64.6. The van der Waals surface area contributed by atoms with Gasteiger partial charge in [0, 0.05) is 104 Å². The monoisotopic (exact) mass is 1930 g/mol. The summed E-state index contributed by atoms with van der Waals surface area (Å²) in [7, 11) is 0. The van der Waals surface area contributed by atoms with Gasteiger partial charge in [-0.1, -0.05) is 373 Å². The third kappa shape index (κ3) is 36.2. The Morgan fingerprint density at radius 2 is 0.324 bits per heavy atom. The van der Waals surface area contributed by atoms with Crippen molar-refractivity contribution in [3.8, 4) is 91.0 Å². The van der Waals surface area contributed by atoms with Crippen LogP contribution < -0.4 is 0 Å². The Morgan fingerprint density at radius 1 is 0.117 bits per heavy atom. The highest BCUT2D eigenvalue weighted by atomic mass is 14.9. The lowest BCUT2D eigenvalue weighted by atomic mass is 10.0. The van der Waals surface area contributed by atoms with Crippen LogP contribution in [0.5, 0.6) is 0 Å². The molecule has 17 heteroatoms. The molecule has 17 nitrogen and oxygen atoms in total. The second-order valence-corrected chi connectivity index (χ2v) is 26.3. The maximum Gasteiger partial charge on any atom is 0.159 e. The van der Waals surface area contributed by atoms with Gasteiger partial charge in [0.05, 0.1) is 124 Å². The van der Waals surface area contributed by atoms with Crippen molar-refractivity contribution in [1.29, 1.82) is 0 Å². The van der Waals surface area contributed by atoms with Gasteiger partial charge in [-0.15, -0.1) is 0 Å². The molecule has 0 spiro atoms. The predicted molar refractivity (Wildman–Crippen MR) is 633 cm³/mol. The molecular weight excluding hydrogens is 1780 g/mol. The molecule has 0 aliphatic rings. The summed E-state index contributed by atoms with van der Waals surface area (Å²) in [5.74, 6) is 0. The first-order chi connectivity index (χ1) is 71.5. The number of fused-ring (bicyclic) bond motifs is 11. The highest BCUT2D eigenvalue weighted by molar-refractivity contribution is 6.05. The van der Waals surface area contributed by atoms with Crippen molar-refractivity contribution in [1.82, 2.24) is 84.7 Å². The van der Waals surface area contributed by atoms with E-state index in [9.17, 15) is 0 Å². The number of hydrogen-bond acceptors (Lipinski definition) is 17. The maximum absolute atomic E-state index is 4.92. The van der Waals surface area contributed by atoms with Crippen LogP contribution in [0.25, 0.3) is 189 Å². The Balaban J connectivity index is 0.000000575. The fourth-order valence-electron chi connectivity index (χ4n) is 13.4. The molecule has 0 N–H and O–H groups in total. The van der Waals surface area contributed by atoms with Crippen molar-refractivity contribution >= 4 is 98.4 Å². The standard InChI is InChI=1S/C23H15N3.C21H13N5.C21H13N3.C17H11N3.C15H11N3.15C2H6.CH4/c1-3-8-18-16(6-1)12-14-22(24-18)20-10-5-11-21(26-20)23-15-13-17-7-2-4-9-19(17)25-23;1-6-16(18-10-8-14-4-2-12-22-20(14)25-18)24-17(7-1)19-11-9-15-5-3-13-23-21(15)26-19;1-4-14-5-2-12-22-19(14)17(7-1)18-11-10-16-9-8-15-6-3-13-23-20(15)21(16)24-18;1-2-10-18-14(5-1)15-9-8-13-7-6-12-4-3-11-19-16(12)17(13)20-15;1-3-10-16-12(6-1)14-8-5-9-15(18-14)13-7-2-4-11-17-13;15*1-2;/h1-15H;1-13H;1-13H;1-11H;1-11H;15*1-2H3;1H4. The second kappa shape index (κ2) is 74.9. The zero-order valence-electron chi connectivity index (χ0n) is 91.0. The van der Waals surface area contributed by atoms with E-state index in [1.54, 1.807) is 37.2 Å². The quantitative estimate of drug-likeness (QED) is 0.129. The lowest BCUT2D eigenvalue weighted by molar-refractivity contribution is 1.22. The van der Waals surface area contributed by atoms with Gasteiger partial charge in [-0.25, -0.2) is 54.8 Å². The molecule has 0 radical (unpaired) electrons. The fraction of sp³-hybridized carbons (Fsp3) is 0.242. The van der Waals surface area contributed by atoms with Crippen molar-refractivity contribution in [2.24, 2.45) is 0 Å². The molecule has 0 amide bonds. The van der Waals surface area contributed by atoms with Crippen LogP contribution in [0.3, 0.4) is 0 Å². The molecule has 0 unspecified atom stereocenters. The van der Waals surface area contributed by atoms with E-state index in [1.807, 2.05) is 457 Å². The van der Waals surface area contributed by atoms with Crippen molar-refractivity contribution in [2.75, 3.05) is 0 Å². The number of pyridine rings is 17. The summed E-state index contributed by atoms with van der Waals surface area (Å²) in [6.45, 7) is 60.0. The van der Waals surface area contributed by atoms with Gasteiger partial charge in [0.25, 0.3) is 0 Å². The van der Waals surface area contributed by atoms with Crippen molar-refractivity contribution < 1.29 is 0 Å². The van der Waals surface area contributed by atoms with E-state index in [0.29, 0.717) is 11.3 Å². The molecular formula is C128H157N17. The van der Waals surface area contributed by atoms with Gasteiger partial charge in [0.15, 0.2) is 11.3 Å². The van der Waals surface area contributed by atoms with Crippen molar-refractivity contribution in [3.05, 3.63) is 383 Å². The first-order valence-corrected chi connectivity index (χ1v) is 51.9. The first kappa shape index (κ1) is 125. The van der Waals surface area contributed by atoms with Crippen LogP contribution >= 0.6 is 0 Å². The highest BCUT2D eigenvalue weighted by Gasteiger charge is 2.15. The summed E-state index contributed by atoms with van der Waals surface area (Å²) in [6.07, 6.45) is 14.2. The first-order valence-electron chi connectivity index (χ1n) is 51.9. The average Bonchev–Trinajstić information content (AvgIpc) is 0.768. The molecule has 0 bridgehead atoms. The Hall–Kier alpha value is -16.0. The fourth-order valence-corrected chi connectivity index (χ4v) is 13.4. The topological polar surface area (TPSA) is 219 Å². The van der Waals surface area contributed by atoms with Gasteiger partial charge < -0.3 is 0 Å². The van der Waals surface area contributed by atoms with Crippen LogP contribution in [0.15, 0.2) is 383 Å². The minimum Gasteiger partial charge on any atom is -0.256 e. The lowest BCUT2D eigenvalue weighted by Gasteiger charge is -2.08. The van der Waals surface area contributed by atoms with E-state index in [0.717, 1.165) is 178 Å². The smallest absolute Gasteiger partial charge is 0.159 e. The molecule has 5 aromatic carbocycles. The van der Waals surface area contributed by atoms with E-state index in [1.165, 1.54) is 0 Å². The third-order valence-electron chi connectivity index (χ3n) is 19.0. The van der Waals surface area contributed by atoms with E-state index >= 15 is 0 Å². The number of para-hydroxylation sites is 3. The predicted octanol–water partition coefficient (Wildman–Crippen LogP) is 37.9. The molecule has 22 aromatic rings. The van der Waals surface area contributed by atoms with Crippen molar-refractivity contribution in [2.45, 2.75) is 215 Å². The summed E-state index contributed by atoms with van der Waals surface area (Å²) in [5.41, 5.74) is 21.8. The minimum absolute atomic E-state index is 0. The van der Waals surface area contributed by atoms with Crippen LogP contribution in [0.4, 0.5) is 0 Å². The molecule has 0 aliphatic heterocycles. The second-order valence-electron chi connectivity index (χ2n) is 26.3. The number of aromatic nitrogens is 17. The molecule has 145 heavy (non-hydrogen) atoms. The van der Waals surface area contributed by atoms with Crippen LogP contribution in [0.1, 0.15) is 215 Å². The van der Waals surface area contributed by atoms with Gasteiger partial charge in [-0.3, -0.25) is 29.9 Å². The Bertz CT molecular complexity index is 6780. The molecule has 0 saturated heterocycles. The van der Waals surface area contributed by atoms with Crippen LogP contribution in [-0.2, 0) is 0 Å². The highest BCUT2D eigenvalue weighted by Crippen LogP contribution is 2.33. The molecule has 0 saturated carbocycles. The van der Waals surface area contributed by atoms with Crippen LogP contribution in [0.2, 0.25) is 0 Å². The largest absolute Gasteiger partial charge is 0.256 e. The summed E-state index contributed by atoms with van der Waals surface area (Å²) >= 11 is 0. The Morgan fingerprint density at radius 3 is 0.662 bits per heavy atom.